The summed E-state index contributed by atoms with van der Waals surface area (Å²) in [7, 11) is 0. The van der Waals surface area contributed by atoms with Crippen molar-refractivity contribution in [1.29, 1.82) is 0 Å². The van der Waals surface area contributed by atoms with Gasteiger partial charge in [0.25, 0.3) is 0 Å². The minimum atomic E-state index is 0.144. The van der Waals surface area contributed by atoms with Gasteiger partial charge in [-0.05, 0) is 65.6 Å². The van der Waals surface area contributed by atoms with E-state index in [0.29, 0.717) is 0 Å². The Hall–Kier alpha value is -5.03. The molecule has 5 nitrogen and oxygen atoms in total. The Kier molecular flexibility index (Phi) is 6.01. The average molecular weight is 537 g/mol. The second kappa shape index (κ2) is 9.86. The van der Waals surface area contributed by atoms with Gasteiger partial charge >= 0.3 is 0 Å². The number of ether oxygens (including phenoxy) is 1. The largest absolute Gasteiger partial charge is 0.457 e. The number of aromatic nitrogens is 2. The first kappa shape index (κ1) is 25.0. The number of benzene rings is 4. The van der Waals surface area contributed by atoms with E-state index in [1.165, 1.54) is 22.0 Å². The van der Waals surface area contributed by atoms with Gasteiger partial charge in [-0.3, -0.25) is 4.57 Å². The van der Waals surface area contributed by atoms with E-state index in [1.54, 1.807) is 0 Å². The predicted molar refractivity (Wildman–Crippen MR) is 169 cm³/mol. The zero-order valence-electron chi connectivity index (χ0n) is 23.5. The third-order valence-electron chi connectivity index (χ3n) is 7.70. The molecule has 202 valence electrons. The summed E-state index contributed by atoms with van der Waals surface area (Å²) in [6.45, 7) is 7.47. The second-order valence-electron chi connectivity index (χ2n) is 11.5. The van der Waals surface area contributed by atoms with Crippen LogP contribution in [0.5, 0.6) is 11.5 Å². The van der Waals surface area contributed by atoms with E-state index in [2.05, 4.69) is 125 Å². The lowest BCUT2D eigenvalue weighted by Crippen LogP contribution is -2.24. The highest BCUT2D eigenvalue weighted by Gasteiger charge is 2.19. The van der Waals surface area contributed by atoms with Gasteiger partial charge < -0.3 is 14.5 Å². The van der Waals surface area contributed by atoms with Crippen LogP contribution < -0.4 is 14.5 Å². The highest BCUT2D eigenvalue weighted by Crippen LogP contribution is 2.36. The molecule has 0 saturated heterocycles. The molecule has 0 fully saturated rings. The monoisotopic (exact) mass is 536 g/mol. The maximum Gasteiger partial charge on any atom is 0.137 e. The van der Waals surface area contributed by atoms with E-state index >= 15 is 0 Å². The van der Waals surface area contributed by atoms with Crippen LogP contribution in [0.3, 0.4) is 0 Å². The van der Waals surface area contributed by atoms with Crippen molar-refractivity contribution in [3.63, 3.8) is 0 Å². The van der Waals surface area contributed by atoms with Gasteiger partial charge in [0, 0.05) is 52.9 Å². The fourth-order valence-corrected chi connectivity index (χ4v) is 5.52. The highest BCUT2D eigenvalue weighted by atomic mass is 16.5. The second-order valence-corrected chi connectivity index (χ2v) is 11.5. The SMILES string of the molecule is CC(C)(C)c1ccc(N2C=CN(c3cccc(Oc4ccc5c6ccccc6n(-c6ccccn6)c5c4)c3)C2)cc1. The Morgan fingerprint density at radius 2 is 1.37 bits per heavy atom. The number of nitrogens with zero attached hydrogens (tertiary/aromatic N) is 4. The molecule has 0 amide bonds. The third-order valence-corrected chi connectivity index (χ3v) is 7.70. The average Bonchev–Trinajstić information content (AvgIpc) is 3.61. The van der Waals surface area contributed by atoms with Crippen molar-refractivity contribution >= 4 is 33.2 Å². The van der Waals surface area contributed by atoms with E-state index in [0.717, 1.165) is 40.7 Å². The summed E-state index contributed by atoms with van der Waals surface area (Å²) in [6, 6.07) is 37.8. The van der Waals surface area contributed by atoms with Crippen LogP contribution in [-0.2, 0) is 5.41 Å². The number of hydrogen-bond donors (Lipinski definition) is 0. The number of anilines is 2. The molecule has 1 aliphatic heterocycles. The fraction of sp³-hybridized carbons (Fsp3) is 0.139. The highest BCUT2D eigenvalue weighted by molar-refractivity contribution is 6.09. The van der Waals surface area contributed by atoms with Crippen molar-refractivity contribution in [2.75, 3.05) is 16.5 Å². The van der Waals surface area contributed by atoms with Gasteiger partial charge in [-0.1, -0.05) is 63.2 Å². The molecule has 0 aliphatic carbocycles. The van der Waals surface area contributed by atoms with Crippen LogP contribution in [0, 0.1) is 0 Å². The Morgan fingerprint density at radius 1 is 0.634 bits per heavy atom. The molecule has 41 heavy (non-hydrogen) atoms. The molecular formula is C36H32N4O. The molecule has 1 aliphatic rings. The summed E-state index contributed by atoms with van der Waals surface area (Å²) in [4.78, 5) is 9.12. The molecule has 0 saturated carbocycles. The van der Waals surface area contributed by atoms with Crippen LogP contribution in [0.15, 0.2) is 128 Å². The van der Waals surface area contributed by atoms with Crippen molar-refractivity contribution in [3.05, 3.63) is 133 Å². The molecule has 0 radical (unpaired) electrons. The van der Waals surface area contributed by atoms with E-state index < -0.39 is 0 Å². The lowest BCUT2D eigenvalue weighted by Gasteiger charge is -2.23. The normalized spacial score (nSPS) is 13.4. The van der Waals surface area contributed by atoms with Crippen molar-refractivity contribution in [1.82, 2.24) is 9.55 Å². The first-order chi connectivity index (χ1) is 19.9. The first-order valence-corrected chi connectivity index (χ1v) is 14.0. The number of rotatable bonds is 5. The smallest absolute Gasteiger partial charge is 0.137 e. The van der Waals surface area contributed by atoms with E-state index in [1.807, 2.05) is 42.6 Å². The van der Waals surface area contributed by atoms with E-state index in [-0.39, 0.29) is 5.41 Å². The maximum atomic E-state index is 6.43. The Bertz CT molecular complexity index is 1880. The Balaban J connectivity index is 1.15. The van der Waals surface area contributed by atoms with Gasteiger partial charge in [0.15, 0.2) is 0 Å². The summed E-state index contributed by atoms with van der Waals surface area (Å²) in [5.41, 5.74) is 5.93. The third kappa shape index (κ3) is 4.70. The molecule has 2 aromatic heterocycles. The van der Waals surface area contributed by atoms with Crippen molar-refractivity contribution < 1.29 is 4.74 Å². The molecule has 4 aromatic carbocycles. The summed E-state index contributed by atoms with van der Waals surface area (Å²) < 4.78 is 8.63. The molecule has 0 N–H and O–H groups in total. The lowest BCUT2D eigenvalue weighted by atomic mass is 9.87. The van der Waals surface area contributed by atoms with Crippen LogP contribution in [0.1, 0.15) is 26.3 Å². The number of pyridine rings is 1. The van der Waals surface area contributed by atoms with Crippen LogP contribution >= 0.6 is 0 Å². The van der Waals surface area contributed by atoms with Crippen molar-refractivity contribution in [3.8, 4) is 17.3 Å². The maximum absolute atomic E-state index is 6.43. The zero-order valence-corrected chi connectivity index (χ0v) is 23.5. The summed E-state index contributed by atoms with van der Waals surface area (Å²) >= 11 is 0. The molecule has 6 aromatic rings. The fourth-order valence-electron chi connectivity index (χ4n) is 5.52. The zero-order chi connectivity index (χ0) is 28.0. The number of para-hydroxylation sites is 1. The standard InChI is InChI=1S/C36H32N4O/c1-36(2,3)26-14-16-27(17-15-26)38-21-22-39(25-38)28-9-8-10-29(23-28)41-30-18-19-32-31-11-4-5-12-33(31)40(34(32)24-30)35-13-6-7-20-37-35/h4-24H,25H2,1-3H3. The van der Waals surface area contributed by atoms with Gasteiger partial charge in [0.1, 0.15) is 17.3 Å². The predicted octanol–water partition coefficient (Wildman–Crippen LogP) is 9.02. The van der Waals surface area contributed by atoms with Crippen LogP contribution in [0.25, 0.3) is 27.6 Å². The lowest BCUT2D eigenvalue weighted by molar-refractivity contribution is 0.483. The molecular weight excluding hydrogens is 504 g/mol. The van der Waals surface area contributed by atoms with Crippen molar-refractivity contribution in [2.45, 2.75) is 26.2 Å². The number of fused-ring (bicyclic) bond motifs is 3. The van der Waals surface area contributed by atoms with Gasteiger partial charge in [-0.25, -0.2) is 4.98 Å². The van der Waals surface area contributed by atoms with Crippen molar-refractivity contribution in [2.24, 2.45) is 0 Å². The molecule has 5 heteroatoms. The molecule has 0 spiro atoms. The minimum absolute atomic E-state index is 0.144. The molecule has 3 heterocycles. The summed E-state index contributed by atoms with van der Waals surface area (Å²) in [5.74, 6) is 2.46. The summed E-state index contributed by atoms with van der Waals surface area (Å²) in [6.07, 6.45) is 6.08. The first-order valence-electron chi connectivity index (χ1n) is 14.0. The van der Waals surface area contributed by atoms with Crippen LogP contribution in [0.4, 0.5) is 11.4 Å². The van der Waals surface area contributed by atoms with Gasteiger partial charge in [-0.15, -0.1) is 0 Å². The molecule has 7 rings (SSSR count). The van der Waals surface area contributed by atoms with Crippen LogP contribution in [-0.4, -0.2) is 16.2 Å². The Labute approximate surface area is 240 Å². The molecule has 0 bridgehead atoms. The minimum Gasteiger partial charge on any atom is -0.457 e. The van der Waals surface area contributed by atoms with E-state index in [9.17, 15) is 0 Å². The van der Waals surface area contributed by atoms with Gasteiger partial charge in [-0.2, -0.15) is 0 Å². The number of hydrogen-bond acceptors (Lipinski definition) is 4. The van der Waals surface area contributed by atoms with Gasteiger partial charge in [0.2, 0.25) is 0 Å². The van der Waals surface area contributed by atoms with Gasteiger partial charge in [0.05, 0.1) is 17.7 Å². The molecule has 0 atom stereocenters. The summed E-state index contributed by atoms with van der Waals surface area (Å²) in [5, 5.41) is 2.37. The van der Waals surface area contributed by atoms with Crippen LogP contribution in [0.2, 0.25) is 0 Å². The quantitative estimate of drug-likeness (QED) is 0.220. The Morgan fingerprint density at radius 3 is 2.15 bits per heavy atom. The topological polar surface area (TPSA) is 33.5 Å². The van der Waals surface area contributed by atoms with E-state index in [4.69, 9.17) is 4.74 Å². The molecule has 0 unspecified atom stereocenters.